The molecule has 88 valence electrons. The molecule has 2 N–H and O–H groups in total. The molecule has 1 aliphatic rings. The van der Waals surface area contributed by atoms with Crippen LogP contribution >= 0.6 is 0 Å². The second kappa shape index (κ2) is 4.95. The lowest BCUT2D eigenvalue weighted by atomic mass is 10.1. The van der Waals surface area contributed by atoms with Gasteiger partial charge in [-0.05, 0) is 12.5 Å². The Balaban J connectivity index is 2.04. The van der Waals surface area contributed by atoms with Crippen LogP contribution in [0.25, 0.3) is 0 Å². The van der Waals surface area contributed by atoms with Crippen molar-refractivity contribution in [2.45, 2.75) is 19.1 Å². The number of rotatable bonds is 3. The van der Waals surface area contributed by atoms with Crippen molar-refractivity contribution in [3.05, 3.63) is 35.9 Å². The molecule has 0 radical (unpaired) electrons. The van der Waals surface area contributed by atoms with Crippen LogP contribution in [0.15, 0.2) is 30.3 Å². The molecular weight excluding hydrogens is 202 g/mol. The number of likely N-dealkylation sites (tertiary alicyclic amines) is 1. The summed E-state index contributed by atoms with van der Waals surface area (Å²) in [4.78, 5) is 2.22. The third-order valence-corrected chi connectivity index (χ3v) is 3.50. The fraction of sp³-hybridized carbons (Fsp3) is 0.538. The van der Waals surface area contributed by atoms with Crippen molar-refractivity contribution in [3.8, 4) is 0 Å². The van der Waals surface area contributed by atoms with E-state index in [1.165, 1.54) is 5.56 Å². The molecule has 1 aromatic rings. The molecule has 0 amide bonds. The number of aliphatic hydroxyl groups excluding tert-OH is 2. The molecule has 3 nitrogen and oxygen atoms in total. The van der Waals surface area contributed by atoms with E-state index in [0.717, 1.165) is 6.54 Å². The lowest BCUT2D eigenvalue weighted by Gasteiger charge is -2.24. The Kier molecular flexibility index (Phi) is 3.59. The fourth-order valence-electron chi connectivity index (χ4n) is 2.32. The maximum Gasteiger partial charge on any atom is 0.0729 e. The quantitative estimate of drug-likeness (QED) is 0.801. The van der Waals surface area contributed by atoms with Gasteiger partial charge in [-0.2, -0.15) is 0 Å². The first kappa shape index (κ1) is 11.6. The van der Waals surface area contributed by atoms with Crippen LogP contribution in [0, 0.1) is 5.92 Å². The zero-order valence-electron chi connectivity index (χ0n) is 9.58. The molecule has 0 bridgehead atoms. The minimum Gasteiger partial charge on any atom is -0.396 e. The van der Waals surface area contributed by atoms with Crippen molar-refractivity contribution in [2.75, 3.05) is 19.7 Å². The SMILES string of the molecule is C[C@H](c1ccccc1)N1C[C@H](CO)[C@H](O)C1. The number of β-amino-alcohol motifs (C(OH)–C–C–N with tert-alkyl or cyclic N) is 1. The van der Waals surface area contributed by atoms with E-state index >= 15 is 0 Å². The molecule has 1 aromatic carbocycles. The van der Waals surface area contributed by atoms with Gasteiger partial charge in [-0.1, -0.05) is 30.3 Å². The molecule has 1 heterocycles. The Labute approximate surface area is 96.3 Å². The normalized spacial score (nSPS) is 28.2. The minimum absolute atomic E-state index is 0.00571. The molecule has 1 fully saturated rings. The summed E-state index contributed by atoms with van der Waals surface area (Å²) in [5, 5.41) is 18.9. The van der Waals surface area contributed by atoms with Gasteiger partial charge in [0.25, 0.3) is 0 Å². The van der Waals surface area contributed by atoms with Crippen molar-refractivity contribution in [2.24, 2.45) is 5.92 Å². The highest BCUT2D eigenvalue weighted by Crippen LogP contribution is 2.27. The average molecular weight is 221 g/mol. The molecular formula is C13H19NO2. The summed E-state index contributed by atoms with van der Waals surface area (Å²) >= 11 is 0. The summed E-state index contributed by atoms with van der Waals surface area (Å²) in [5.41, 5.74) is 1.26. The van der Waals surface area contributed by atoms with Crippen LogP contribution < -0.4 is 0 Å². The van der Waals surface area contributed by atoms with E-state index in [2.05, 4.69) is 24.0 Å². The third-order valence-electron chi connectivity index (χ3n) is 3.50. The lowest BCUT2D eigenvalue weighted by Crippen LogP contribution is -2.25. The summed E-state index contributed by atoms with van der Waals surface area (Å²) in [5.74, 6) is 0.00571. The van der Waals surface area contributed by atoms with E-state index in [1.807, 2.05) is 18.2 Å². The second-order valence-corrected chi connectivity index (χ2v) is 4.55. The van der Waals surface area contributed by atoms with Crippen molar-refractivity contribution >= 4 is 0 Å². The van der Waals surface area contributed by atoms with Crippen LogP contribution in [0.4, 0.5) is 0 Å². The molecule has 0 spiro atoms. The fourth-order valence-corrected chi connectivity index (χ4v) is 2.32. The smallest absolute Gasteiger partial charge is 0.0729 e. The zero-order chi connectivity index (χ0) is 11.5. The van der Waals surface area contributed by atoms with E-state index in [-0.39, 0.29) is 12.5 Å². The first-order valence-electron chi connectivity index (χ1n) is 5.80. The first-order valence-corrected chi connectivity index (χ1v) is 5.80. The highest BCUT2D eigenvalue weighted by atomic mass is 16.3. The van der Waals surface area contributed by atoms with Gasteiger partial charge in [-0.15, -0.1) is 0 Å². The van der Waals surface area contributed by atoms with E-state index in [4.69, 9.17) is 5.11 Å². The topological polar surface area (TPSA) is 43.7 Å². The Morgan fingerprint density at radius 2 is 2.00 bits per heavy atom. The standard InChI is InChI=1S/C13H19NO2/c1-10(11-5-3-2-4-6-11)14-7-12(9-15)13(16)8-14/h2-6,10,12-13,15-16H,7-9H2,1H3/t10-,12-,13-/m1/s1. The van der Waals surface area contributed by atoms with Crippen molar-refractivity contribution in [1.82, 2.24) is 4.90 Å². The van der Waals surface area contributed by atoms with Crippen molar-refractivity contribution in [1.29, 1.82) is 0 Å². The molecule has 0 aromatic heterocycles. The van der Waals surface area contributed by atoms with E-state index in [9.17, 15) is 5.11 Å². The third kappa shape index (κ3) is 2.26. The highest BCUT2D eigenvalue weighted by molar-refractivity contribution is 5.18. The second-order valence-electron chi connectivity index (χ2n) is 4.55. The predicted molar refractivity (Wildman–Crippen MR) is 63.0 cm³/mol. The van der Waals surface area contributed by atoms with Crippen molar-refractivity contribution in [3.63, 3.8) is 0 Å². The Hall–Kier alpha value is -0.900. The van der Waals surface area contributed by atoms with Crippen LogP contribution in [0.5, 0.6) is 0 Å². The van der Waals surface area contributed by atoms with Gasteiger partial charge >= 0.3 is 0 Å². The zero-order valence-corrected chi connectivity index (χ0v) is 9.58. The van der Waals surface area contributed by atoms with Gasteiger partial charge in [-0.25, -0.2) is 0 Å². The maximum atomic E-state index is 9.75. The van der Waals surface area contributed by atoms with E-state index in [1.54, 1.807) is 0 Å². The molecule has 1 saturated heterocycles. The van der Waals surface area contributed by atoms with Crippen LogP contribution in [0.1, 0.15) is 18.5 Å². The summed E-state index contributed by atoms with van der Waals surface area (Å²) in [6.45, 7) is 3.63. The maximum absolute atomic E-state index is 9.75. The predicted octanol–water partition coefficient (Wildman–Crippen LogP) is 1.03. The van der Waals surface area contributed by atoms with Gasteiger partial charge in [0.1, 0.15) is 0 Å². The Morgan fingerprint density at radius 1 is 1.31 bits per heavy atom. The molecule has 0 aliphatic carbocycles. The Morgan fingerprint density at radius 3 is 2.56 bits per heavy atom. The average Bonchev–Trinajstić information content (AvgIpc) is 2.71. The molecule has 2 rings (SSSR count). The van der Waals surface area contributed by atoms with Gasteiger partial charge in [0, 0.05) is 31.7 Å². The van der Waals surface area contributed by atoms with E-state index in [0.29, 0.717) is 12.6 Å². The summed E-state index contributed by atoms with van der Waals surface area (Å²) in [7, 11) is 0. The van der Waals surface area contributed by atoms with Gasteiger partial charge < -0.3 is 10.2 Å². The first-order chi connectivity index (χ1) is 7.72. The lowest BCUT2D eigenvalue weighted by molar-refractivity contribution is 0.102. The molecule has 16 heavy (non-hydrogen) atoms. The van der Waals surface area contributed by atoms with Gasteiger partial charge in [0.15, 0.2) is 0 Å². The molecule has 1 aliphatic heterocycles. The minimum atomic E-state index is -0.392. The highest BCUT2D eigenvalue weighted by Gasteiger charge is 2.33. The van der Waals surface area contributed by atoms with Gasteiger partial charge in [0.2, 0.25) is 0 Å². The number of hydrogen-bond acceptors (Lipinski definition) is 3. The number of nitrogens with zero attached hydrogens (tertiary/aromatic N) is 1. The van der Waals surface area contributed by atoms with Gasteiger partial charge in [0.05, 0.1) is 6.10 Å². The monoisotopic (exact) mass is 221 g/mol. The van der Waals surface area contributed by atoms with Gasteiger partial charge in [-0.3, -0.25) is 4.90 Å². The largest absolute Gasteiger partial charge is 0.396 e. The van der Waals surface area contributed by atoms with Crippen LogP contribution in [-0.2, 0) is 0 Å². The Bertz CT molecular complexity index is 328. The van der Waals surface area contributed by atoms with E-state index < -0.39 is 6.10 Å². The molecule has 0 saturated carbocycles. The summed E-state index contributed by atoms with van der Waals surface area (Å²) in [6.07, 6.45) is -0.392. The summed E-state index contributed by atoms with van der Waals surface area (Å²) in [6, 6.07) is 10.6. The number of aliphatic hydroxyl groups is 2. The summed E-state index contributed by atoms with van der Waals surface area (Å²) < 4.78 is 0. The molecule has 0 unspecified atom stereocenters. The van der Waals surface area contributed by atoms with Crippen LogP contribution in [0.3, 0.4) is 0 Å². The van der Waals surface area contributed by atoms with Crippen molar-refractivity contribution < 1.29 is 10.2 Å². The van der Waals surface area contributed by atoms with Crippen LogP contribution in [0.2, 0.25) is 0 Å². The van der Waals surface area contributed by atoms with Crippen LogP contribution in [-0.4, -0.2) is 40.9 Å². The molecule has 3 atom stereocenters. The molecule has 3 heteroatoms. The number of benzene rings is 1. The number of hydrogen-bond donors (Lipinski definition) is 2.